The zero-order valence-electron chi connectivity index (χ0n) is 10.1. The van der Waals surface area contributed by atoms with Gasteiger partial charge in [0.15, 0.2) is 0 Å². The van der Waals surface area contributed by atoms with Gasteiger partial charge < -0.3 is 10.1 Å². The Balaban J connectivity index is 2.43. The van der Waals surface area contributed by atoms with Gasteiger partial charge in [-0.25, -0.2) is 4.98 Å². The van der Waals surface area contributed by atoms with Gasteiger partial charge in [-0.2, -0.15) is 0 Å². The molecule has 2 aromatic rings. The predicted molar refractivity (Wildman–Crippen MR) is 78.1 cm³/mol. The van der Waals surface area contributed by atoms with Crippen molar-refractivity contribution in [3.05, 3.63) is 61.7 Å². The first-order valence-electron chi connectivity index (χ1n) is 5.70. The third-order valence-corrected chi connectivity index (χ3v) is 3.97. The lowest BCUT2D eigenvalue weighted by molar-refractivity contribution is -0.138. The largest absolute Gasteiger partial charge is 0.481 e. The number of nitrogens with one attached hydrogen (secondary N) is 1. The molecule has 7 heteroatoms. The highest BCUT2D eigenvalue weighted by atomic mass is 79.9. The average molecular weight is 358 g/mol. The summed E-state index contributed by atoms with van der Waals surface area (Å²) in [6.07, 6.45) is 1.34. The van der Waals surface area contributed by atoms with Gasteiger partial charge in [-0.15, -0.1) is 0 Å². The molecule has 20 heavy (non-hydrogen) atoms. The van der Waals surface area contributed by atoms with Crippen molar-refractivity contribution in [2.24, 2.45) is 0 Å². The fourth-order valence-electron chi connectivity index (χ4n) is 1.82. The van der Waals surface area contributed by atoms with Crippen LogP contribution in [0.3, 0.4) is 0 Å². The maximum atomic E-state index is 11.5. The maximum absolute atomic E-state index is 11.5. The molecule has 0 fully saturated rings. The normalized spacial score (nSPS) is 12.1. The number of H-pyrrole nitrogens is 1. The minimum absolute atomic E-state index is 0.124. The summed E-state index contributed by atoms with van der Waals surface area (Å²) >= 11 is 9.12. The lowest BCUT2D eigenvalue weighted by atomic mass is 9.96. The fraction of sp³-hybridized carbons (Fsp3) is 0.154. The first-order chi connectivity index (χ1) is 9.50. The predicted octanol–water partition coefficient (Wildman–Crippen LogP) is 2.60. The van der Waals surface area contributed by atoms with Gasteiger partial charge in [-0.1, -0.05) is 29.8 Å². The van der Waals surface area contributed by atoms with Crippen molar-refractivity contribution in [1.29, 1.82) is 0 Å². The Morgan fingerprint density at radius 3 is 2.80 bits per heavy atom. The highest BCUT2D eigenvalue weighted by molar-refractivity contribution is 9.10. The van der Waals surface area contributed by atoms with Gasteiger partial charge in [0, 0.05) is 5.02 Å². The van der Waals surface area contributed by atoms with Crippen molar-refractivity contribution < 1.29 is 9.90 Å². The van der Waals surface area contributed by atoms with Crippen LogP contribution >= 0.6 is 27.5 Å². The minimum atomic E-state index is -1.07. The Morgan fingerprint density at radius 1 is 1.45 bits per heavy atom. The molecule has 1 unspecified atom stereocenters. The highest BCUT2D eigenvalue weighted by Gasteiger charge is 2.26. The van der Waals surface area contributed by atoms with Crippen molar-refractivity contribution in [2.45, 2.75) is 12.3 Å². The zero-order chi connectivity index (χ0) is 14.7. The molecular formula is C13H10BrClN2O3. The number of hydrogen-bond acceptors (Lipinski definition) is 3. The summed E-state index contributed by atoms with van der Waals surface area (Å²) in [5.74, 6) is -2.02. The molecule has 104 valence electrons. The number of aromatic amines is 1. The van der Waals surface area contributed by atoms with Crippen LogP contribution in [0.1, 0.15) is 17.2 Å². The molecule has 1 aromatic heterocycles. The quantitative estimate of drug-likeness (QED) is 0.881. The second-order valence-electron chi connectivity index (χ2n) is 4.12. The molecule has 5 nitrogen and oxygen atoms in total. The number of aromatic nitrogens is 2. The molecule has 0 saturated carbocycles. The van der Waals surface area contributed by atoms with Crippen molar-refractivity contribution in [3.63, 3.8) is 0 Å². The first kappa shape index (κ1) is 14.7. The van der Waals surface area contributed by atoms with Crippen molar-refractivity contribution in [1.82, 2.24) is 9.97 Å². The minimum Gasteiger partial charge on any atom is -0.481 e. The number of halogens is 2. The number of rotatable bonds is 4. The molecule has 2 N–H and O–H groups in total. The number of carboxylic acids is 1. The Kier molecular flexibility index (Phi) is 4.57. The smallest absolute Gasteiger partial charge is 0.312 e. The van der Waals surface area contributed by atoms with E-state index in [2.05, 4.69) is 25.9 Å². The van der Waals surface area contributed by atoms with E-state index in [0.717, 1.165) is 0 Å². The number of hydrogen-bond donors (Lipinski definition) is 2. The Labute approximate surface area is 127 Å². The zero-order valence-corrected chi connectivity index (χ0v) is 12.5. The number of benzene rings is 1. The Morgan fingerprint density at radius 2 is 2.15 bits per heavy atom. The fourth-order valence-corrected chi connectivity index (χ4v) is 2.53. The van der Waals surface area contributed by atoms with E-state index < -0.39 is 17.4 Å². The van der Waals surface area contributed by atoms with E-state index >= 15 is 0 Å². The van der Waals surface area contributed by atoms with Gasteiger partial charge in [-0.05, 0) is 34.0 Å². The molecule has 0 amide bonds. The average Bonchev–Trinajstić information content (AvgIpc) is 2.41. The standard InChI is InChI=1S/C13H10BrClN2O3/c14-10-11(16-6-17-12(10)18)8(13(19)20)5-7-3-1-2-4-9(7)15/h1-4,6,8H,5H2,(H,19,20)(H,16,17,18). The number of carboxylic acid groups (broad SMARTS) is 1. The molecule has 1 heterocycles. The molecular weight excluding hydrogens is 348 g/mol. The maximum Gasteiger partial charge on any atom is 0.312 e. The number of carbonyl (C=O) groups is 1. The van der Waals surface area contributed by atoms with E-state index in [4.69, 9.17) is 11.6 Å². The van der Waals surface area contributed by atoms with Gasteiger partial charge in [0.2, 0.25) is 0 Å². The van der Waals surface area contributed by atoms with Crippen molar-refractivity contribution in [2.75, 3.05) is 0 Å². The summed E-state index contributed by atoms with van der Waals surface area (Å²) in [4.78, 5) is 29.3. The highest BCUT2D eigenvalue weighted by Crippen LogP contribution is 2.27. The summed E-state index contributed by atoms with van der Waals surface area (Å²) in [7, 11) is 0. The van der Waals surface area contributed by atoms with Gasteiger partial charge in [-0.3, -0.25) is 9.59 Å². The van der Waals surface area contributed by atoms with E-state index in [0.29, 0.717) is 10.6 Å². The van der Waals surface area contributed by atoms with E-state index in [1.165, 1.54) is 6.33 Å². The van der Waals surface area contributed by atoms with E-state index in [1.807, 2.05) is 0 Å². The summed E-state index contributed by atoms with van der Waals surface area (Å²) < 4.78 is 0.124. The van der Waals surface area contributed by atoms with Crippen LogP contribution in [0.2, 0.25) is 5.02 Å². The topological polar surface area (TPSA) is 83.0 Å². The van der Waals surface area contributed by atoms with Crippen LogP contribution in [-0.4, -0.2) is 21.0 Å². The summed E-state index contributed by atoms with van der Waals surface area (Å²) in [6, 6.07) is 6.98. The van der Waals surface area contributed by atoms with Crippen LogP contribution in [0, 0.1) is 0 Å². The Bertz CT molecular complexity index is 702. The third-order valence-electron chi connectivity index (χ3n) is 2.83. The second kappa shape index (κ2) is 6.19. The molecule has 2 rings (SSSR count). The van der Waals surface area contributed by atoms with Crippen LogP contribution in [0.25, 0.3) is 0 Å². The monoisotopic (exact) mass is 356 g/mol. The van der Waals surface area contributed by atoms with E-state index in [-0.39, 0.29) is 16.6 Å². The van der Waals surface area contributed by atoms with Crippen LogP contribution in [-0.2, 0) is 11.2 Å². The number of aliphatic carboxylic acids is 1. The first-order valence-corrected chi connectivity index (χ1v) is 6.87. The second-order valence-corrected chi connectivity index (χ2v) is 5.32. The van der Waals surface area contributed by atoms with Crippen LogP contribution < -0.4 is 5.56 Å². The summed E-state index contributed by atoms with van der Waals surface area (Å²) in [5, 5.41) is 9.86. The lowest BCUT2D eigenvalue weighted by Gasteiger charge is -2.13. The van der Waals surface area contributed by atoms with E-state index in [1.54, 1.807) is 24.3 Å². The Hall–Kier alpha value is -1.66. The van der Waals surface area contributed by atoms with Crippen LogP contribution in [0.5, 0.6) is 0 Å². The van der Waals surface area contributed by atoms with Crippen molar-refractivity contribution >= 4 is 33.5 Å². The summed E-state index contributed by atoms with van der Waals surface area (Å²) in [6.45, 7) is 0. The molecule has 0 spiro atoms. The van der Waals surface area contributed by atoms with Gasteiger partial charge >= 0.3 is 5.97 Å². The molecule has 0 bridgehead atoms. The third kappa shape index (κ3) is 3.08. The van der Waals surface area contributed by atoms with Gasteiger partial charge in [0.05, 0.1) is 12.0 Å². The number of nitrogens with zero attached hydrogens (tertiary/aromatic N) is 1. The van der Waals surface area contributed by atoms with Gasteiger partial charge in [0.25, 0.3) is 5.56 Å². The molecule has 0 aliphatic carbocycles. The van der Waals surface area contributed by atoms with E-state index in [9.17, 15) is 14.7 Å². The molecule has 0 aliphatic rings. The molecule has 0 aliphatic heterocycles. The van der Waals surface area contributed by atoms with Crippen LogP contribution in [0.4, 0.5) is 0 Å². The van der Waals surface area contributed by atoms with Crippen LogP contribution in [0.15, 0.2) is 39.9 Å². The molecule has 1 aromatic carbocycles. The van der Waals surface area contributed by atoms with Gasteiger partial charge in [0.1, 0.15) is 10.4 Å². The molecule has 1 atom stereocenters. The SMILES string of the molecule is O=C(O)C(Cc1ccccc1Cl)c1nc[nH]c(=O)c1Br. The molecule has 0 saturated heterocycles. The lowest BCUT2D eigenvalue weighted by Crippen LogP contribution is -2.21. The summed E-state index contributed by atoms with van der Waals surface area (Å²) in [5.41, 5.74) is 0.456. The molecule has 0 radical (unpaired) electrons. The van der Waals surface area contributed by atoms with Crippen molar-refractivity contribution in [3.8, 4) is 0 Å².